The van der Waals surface area contributed by atoms with Crippen LogP contribution in [0.4, 0.5) is 5.69 Å². The molecule has 5 heteroatoms. The van der Waals surface area contributed by atoms with E-state index in [0.29, 0.717) is 11.8 Å². The number of benzene rings is 1. The molecule has 4 fully saturated rings. The van der Waals surface area contributed by atoms with Crippen molar-refractivity contribution in [3.63, 3.8) is 0 Å². The minimum absolute atomic E-state index is 0.0578. The summed E-state index contributed by atoms with van der Waals surface area (Å²) < 4.78 is 0. The van der Waals surface area contributed by atoms with Crippen molar-refractivity contribution in [3.8, 4) is 0 Å². The molecule has 122 valence electrons. The molecule has 1 amide bonds. The SMILES string of the molecule is CC(=O)NC12CC3CC(C1)CC(c1ccc([N+](=O)[O-])cc1)(C3)C2. The van der Waals surface area contributed by atoms with Gasteiger partial charge in [-0.05, 0) is 61.3 Å². The molecule has 0 saturated heterocycles. The maximum absolute atomic E-state index is 11.7. The lowest BCUT2D eigenvalue weighted by Gasteiger charge is -2.62. The fourth-order valence-electron chi connectivity index (χ4n) is 6.06. The summed E-state index contributed by atoms with van der Waals surface area (Å²) in [7, 11) is 0. The third-order valence-corrected chi connectivity index (χ3v) is 6.19. The van der Waals surface area contributed by atoms with Gasteiger partial charge >= 0.3 is 0 Å². The van der Waals surface area contributed by atoms with E-state index in [1.165, 1.54) is 12.0 Å². The summed E-state index contributed by atoms with van der Waals surface area (Å²) in [4.78, 5) is 22.2. The molecule has 23 heavy (non-hydrogen) atoms. The number of nitrogens with one attached hydrogen (secondary N) is 1. The summed E-state index contributed by atoms with van der Waals surface area (Å²) in [6.45, 7) is 1.61. The summed E-state index contributed by atoms with van der Waals surface area (Å²) >= 11 is 0. The number of carbonyl (C=O) groups is 1. The van der Waals surface area contributed by atoms with E-state index in [9.17, 15) is 14.9 Å². The van der Waals surface area contributed by atoms with Crippen molar-refractivity contribution in [2.45, 2.75) is 56.4 Å². The monoisotopic (exact) mass is 314 g/mol. The predicted octanol–water partition coefficient (Wildman–Crippen LogP) is 3.32. The van der Waals surface area contributed by atoms with Crippen LogP contribution >= 0.6 is 0 Å². The Morgan fingerprint density at radius 2 is 1.78 bits per heavy atom. The molecule has 0 aliphatic heterocycles. The minimum Gasteiger partial charge on any atom is -0.351 e. The maximum atomic E-state index is 11.7. The van der Waals surface area contributed by atoms with Gasteiger partial charge in [-0.25, -0.2) is 0 Å². The second-order valence-corrected chi connectivity index (χ2v) is 8.01. The average Bonchev–Trinajstić information content (AvgIpc) is 2.44. The Morgan fingerprint density at radius 1 is 1.17 bits per heavy atom. The van der Waals surface area contributed by atoms with E-state index in [2.05, 4.69) is 5.32 Å². The Kier molecular flexibility index (Phi) is 3.06. The third kappa shape index (κ3) is 2.33. The van der Waals surface area contributed by atoms with Gasteiger partial charge in [0, 0.05) is 24.6 Å². The first-order valence-electron chi connectivity index (χ1n) is 8.44. The Morgan fingerprint density at radius 3 is 2.30 bits per heavy atom. The van der Waals surface area contributed by atoms with Gasteiger partial charge in [0.1, 0.15) is 0 Å². The van der Waals surface area contributed by atoms with Gasteiger partial charge in [-0.2, -0.15) is 0 Å². The van der Waals surface area contributed by atoms with Crippen LogP contribution in [0.3, 0.4) is 0 Å². The Bertz CT molecular complexity index is 653. The number of rotatable bonds is 3. The number of carbonyl (C=O) groups excluding carboxylic acids is 1. The summed E-state index contributed by atoms with van der Waals surface area (Å²) in [5.41, 5.74) is 1.39. The molecule has 0 aromatic heterocycles. The van der Waals surface area contributed by atoms with Gasteiger partial charge < -0.3 is 5.32 Å². The highest BCUT2D eigenvalue weighted by molar-refractivity contribution is 5.74. The minimum atomic E-state index is -0.345. The second-order valence-electron chi connectivity index (χ2n) is 8.01. The van der Waals surface area contributed by atoms with Gasteiger partial charge in [0.15, 0.2) is 0 Å². The third-order valence-electron chi connectivity index (χ3n) is 6.19. The number of non-ortho nitro benzene ring substituents is 1. The number of nitro benzene ring substituents is 1. The molecule has 0 radical (unpaired) electrons. The molecular formula is C18H22N2O3. The summed E-state index contributed by atoms with van der Waals surface area (Å²) in [5.74, 6) is 1.39. The molecule has 4 aliphatic carbocycles. The molecule has 4 saturated carbocycles. The zero-order valence-electron chi connectivity index (χ0n) is 13.4. The van der Waals surface area contributed by atoms with Gasteiger partial charge in [-0.15, -0.1) is 0 Å². The van der Waals surface area contributed by atoms with Gasteiger partial charge in [0.25, 0.3) is 5.69 Å². The molecule has 1 aromatic rings. The first-order chi connectivity index (χ1) is 10.9. The molecule has 0 heterocycles. The van der Waals surface area contributed by atoms with Crippen LogP contribution in [0.25, 0.3) is 0 Å². The van der Waals surface area contributed by atoms with E-state index in [0.717, 1.165) is 32.1 Å². The summed E-state index contributed by atoms with van der Waals surface area (Å²) in [6, 6.07) is 7.12. The molecule has 4 bridgehead atoms. The highest BCUT2D eigenvalue weighted by atomic mass is 16.6. The molecule has 2 unspecified atom stereocenters. The number of amides is 1. The van der Waals surface area contributed by atoms with E-state index in [4.69, 9.17) is 0 Å². The normalized spacial score (nSPS) is 37.6. The standard InChI is InChI=1S/C18H22N2O3/c1-12(21)19-18-9-13-6-14(10-18)8-17(7-13,11-18)15-2-4-16(5-3-15)20(22)23/h2-5,13-14H,6-11H2,1H3,(H,19,21). The van der Waals surface area contributed by atoms with Crippen LogP contribution in [0.15, 0.2) is 24.3 Å². The lowest BCUT2D eigenvalue weighted by atomic mass is 9.45. The summed E-state index contributed by atoms with van der Waals surface area (Å²) in [6.07, 6.45) is 6.75. The van der Waals surface area contributed by atoms with E-state index in [1.807, 2.05) is 12.1 Å². The van der Waals surface area contributed by atoms with Gasteiger partial charge in [-0.3, -0.25) is 14.9 Å². The quantitative estimate of drug-likeness (QED) is 0.687. The van der Waals surface area contributed by atoms with Crippen molar-refractivity contribution in [2.75, 3.05) is 0 Å². The molecule has 5 nitrogen and oxygen atoms in total. The van der Waals surface area contributed by atoms with E-state index in [-0.39, 0.29) is 27.5 Å². The molecule has 5 rings (SSSR count). The van der Waals surface area contributed by atoms with Crippen molar-refractivity contribution in [2.24, 2.45) is 11.8 Å². The Labute approximate surface area is 135 Å². The molecule has 1 aromatic carbocycles. The first kappa shape index (κ1) is 14.7. The Hall–Kier alpha value is -1.91. The number of nitro groups is 1. The lowest BCUT2D eigenvalue weighted by Crippen LogP contribution is -2.64. The van der Waals surface area contributed by atoms with Crippen LogP contribution in [0.5, 0.6) is 0 Å². The van der Waals surface area contributed by atoms with E-state index < -0.39 is 0 Å². The van der Waals surface area contributed by atoms with Gasteiger partial charge in [0.2, 0.25) is 5.91 Å². The van der Waals surface area contributed by atoms with Crippen LogP contribution in [-0.4, -0.2) is 16.4 Å². The predicted molar refractivity (Wildman–Crippen MR) is 86.0 cm³/mol. The van der Waals surface area contributed by atoms with Crippen molar-refractivity contribution in [1.82, 2.24) is 5.32 Å². The fraction of sp³-hybridized carbons (Fsp3) is 0.611. The van der Waals surface area contributed by atoms with Crippen molar-refractivity contribution in [1.29, 1.82) is 0 Å². The van der Waals surface area contributed by atoms with Gasteiger partial charge in [-0.1, -0.05) is 12.1 Å². The van der Waals surface area contributed by atoms with Crippen LogP contribution in [0.1, 0.15) is 51.0 Å². The molecule has 1 N–H and O–H groups in total. The van der Waals surface area contributed by atoms with Gasteiger partial charge in [0.05, 0.1) is 4.92 Å². The van der Waals surface area contributed by atoms with Crippen LogP contribution < -0.4 is 5.32 Å². The van der Waals surface area contributed by atoms with Crippen molar-refractivity contribution >= 4 is 11.6 Å². The van der Waals surface area contributed by atoms with Crippen molar-refractivity contribution < 1.29 is 9.72 Å². The summed E-state index contributed by atoms with van der Waals surface area (Å²) in [5, 5.41) is 14.2. The van der Waals surface area contributed by atoms with E-state index in [1.54, 1.807) is 19.1 Å². The fourth-order valence-corrected chi connectivity index (χ4v) is 6.06. The molecule has 4 aliphatic rings. The van der Waals surface area contributed by atoms with Crippen LogP contribution in [0, 0.1) is 22.0 Å². The first-order valence-corrected chi connectivity index (χ1v) is 8.44. The average molecular weight is 314 g/mol. The van der Waals surface area contributed by atoms with Crippen LogP contribution in [0.2, 0.25) is 0 Å². The lowest BCUT2D eigenvalue weighted by molar-refractivity contribution is -0.384. The van der Waals surface area contributed by atoms with Crippen LogP contribution in [-0.2, 0) is 10.2 Å². The van der Waals surface area contributed by atoms with E-state index >= 15 is 0 Å². The molecular weight excluding hydrogens is 292 g/mol. The highest BCUT2D eigenvalue weighted by Gasteiger charge is 2.58. The Balaban J connectivity index is 1.70. The number of hydrogen-bond donors (Lipinski definition) is 1. The molecule has 0 spiro atoms. The topological polar surface area (TPSA) is 72.2 Å². The number of hydrogen-bond acceptors (Lipinski definition) is 3. The highest BCUT2D eigenvalue weighted by Crippen LogP contribution is 2.62. The molecule has 2 atom stereocenters. The maximum Gasteiger partial charge on any atom is 0.269 e. The number of nitrogens with zero attached hydrogens (tertiary/aromatic N) is 1. The van der Waals surface area contributed by atoms with Crippen molar-refractivity contribution in [3.05, 3.63) is 39.9 Å². The second kappa shape index (κ2) is 4.79. The zero-order valence-corrected chi connectivity index (χ0v) is 13.4. The largest absolute Gasteiger partial charge is 0.351 e. The zero-order chi connectivity index (χ0) is 16.2. The smallest absolute Gasteiger partial charge is 0.269 e.